The van der Waals surface area contributed by atoms with Gasteiger partial charge in [0.2, 0.25) is 0 Å². The molecule has 0 N–H and O–H groups in total. The average molecular weight is 683 g/mol. The van der Waals surface area contributed by atoms with Crippen molar-refractivity contribution in [1.82, 2.24) is 9.97 Å². The van der Waals surface area contributed by atoms with E-state index in [0.717, 1.165) is 39.5 Å². The maximum Gasteiger partial charge on any atom is 0.420 e. The Balaban J connectivity index is 1.13. The van der Waals surface area contributed by atoms with Crippen LogP contribution in [-0.4, -0.2) is 17.0 Å². The molecule has 0 unspecified atom stereocenters. The van der Waals surface area contributed by atoms with Gasteiger partial charge < -0.3 is 9.62 Å². The number of thiophene rings is 1. The molecule has 0 fully saturated rings. The van der Waals surface area contributed by atoms with Crippen LogP contribution in [0.3, 0.4) is 0 Å². The van der Waals surface area contributed by atoms with Gasteiger partial charge >= 0.3 is 6.98 Å². The lowest BCUT2D eigenvalue weighted by Gasteiger charge is -2.30. The van der Waals surface area contributed by atoms with Gasteiger partial charge in [0.15, 0.2) is 5.82 Å². The lowest BCUT2D eigenvalue weighted by molar-refractivity contribution is 1.18. The molecule has 0 amide bonds. The van der Waals surface area contributed by atoms with Gasteiger partial charge in [-0.3, -0.25) is 0 Å². The molecular formula is C46H31BN4S. The SMILES string of the molecule is c1ccc(B2N(c3ccccc3)c3ccccc3N2c2ccc3sc4ccc(-c5nc(-c6ccccc6)cc(-c6ccccc6)n5)cc4c3c2)cc1. The third-order valence-electron chi connectivity index (χ3n) is 9.88. The van der Waals surface area contributed by atoms with Crippen LogP contribution in [0.4, 0.5) is 22.7 Å². The third-order valence-corrected chi connectivity index (χ3v) is 11.0. The van der Waals surface area contributed by atoms with Crippen LogP contribution in [0.5, 0.6) is 0 Å². The Bertz CT molecular complexity index is 2640. The van der Waals surface area contributed by atoms with Crippen molar-refractivity contribution in [1.29, 1.82) is 0 Å². The van der Waals surface area contributed by atoms with Gasteiger partial charge in [-0.15, -0.1) is 11.3 Å². The summed E-state index contributed by atoms with van der Waals surface area (Å²) in [7, 11) is 0. The quantitative estimate of drug-likeness (QED) is 0.163. The smallest absolute Gasteiger partial charge is 0.360 e. The van der Waals surface area contributed by atoms with Crippen molar-refractivity contribution < 1.29 is 0 Å². The number of hydrogen-bond donors (Lipinski definition) is 0. The van der Waals surface area contributed by atoms with E-state index in [1.807, 2.05) is 23.5 Å². The fourth-order valence-corrected chi connectivity index (χ4v) is 8.53. The van der Waals surface area contributed by atoms with Crippen LogP contribution in [0.15, 0.2) is 188 Å². The largest absolute Gasteiger partial charge is 0.420 e. The van der Waals surface area contributed by atoms with Crippen molar-refractivity contribution in [3.05, 3.63) is 188 Å². The van der Waals surface area contributed by atoms with Crippen molar-refractivity contribution in [3.63, 3.8) is 0 Å². The van der Waals surface area contributed by atoms with E-state index in [4.69, 9.17) is 9.97 Å². The summed E-state index contributed by atoms with van der Waals surface area (Å²) in [6.45, 7) is -0.0653. The highest BCUT2D eigenvalue weighted by molar-refractivity contribution is 7.25. The van der Waals surface area contributed by atoms with Crippen LogP contribution in [0.1, 0.15) is 0 Å². The second-order valence-electron chi connectivity index (χ2n) is 13.0. The maximum atomic E-state index is 5.14. The first-order valence-electron chi connectivity index (χ1n) is 17.5. The summed E-state index contributed by atoms with van der Waals surface area (Å²) in [6, 6.07) is 66.7. The van der Waals surface area contributed by atoms with Crippen LogP contribution in [0.25, 0.3) is 54.1 Å². The number of benzene rings is 7. The third kappa shape index (κ3) is 5.24. The van der Waals surface area contributed by atoms with Gasteiger partial charge in [0.05, 0.1) is 22.8 Å². The fourth-order valence-electron chi connectivity index (χ4n) is 7.47. The van der Waals surface area contributed by atoms with Gasteiger partial charge in [0.25, 0.3) is 0 Å². The summed E-state index contributed by atoms with van der Waals surface area (Å²) in [5.41, 5.74) is 10.8. The second kappa shape index (κ2) is 12.7. The van der Waals surface area contributed by atoms with Gasteiger partial charge in [0, 0.05) is 48.2 Å². The monoisotopic (exact) mass is 682 g/mol. The predicted octanol–water partition coefficient (Wildman–Crippen LogP) is 11.5. The predicted molar refractivity (Wildman–Crippen MR) is 220 cm³/mol. The molecule has 0 aliphatic carbocycles. The second-order valence-corrected chi connectivity index (χ2v) is 14.1. The average Bonchev–Trinajstić information content (AvgIpc) is 3.77. The zero-order chi connectivity index (χ0) is 34.4. The Morgan fingerprint density at radius 3 is 1.52 bits per heavy atom. The number of anilines is 4. The summed E-state index contributed by atoms with van der Waals surface area (Å²) in [5.74, 6) is 0.716. The number of aromatic nitrogens is 2. The fraction of sp³-hybridized carbons (Fsp3) is 0. The molecule has 0 bridgehead atoms. The summed E-state index contributed by atoms with van der Waals surface area (Å²) in [5, 5.41) is 2.43. The molecule has 2 aromatic heterocycles. The van der Waals surface area contributed by atoms with Crippen molar-refractivity contribution >= 4 is 66.7 Å². The van der Waals surface area contributed by atoms with E-state index in [0.29, 0.717) is 5.82 Å². The van der Waals surface area contributed by atoms with E-state index in [9.17, 15) is 0 Å². The molecule has 0 radical (unpaired) electrons. The van der Waals surface area contributed by atoms with E-state index in [1.54, 1.807) is 0 Å². The lowest BCUT2D eigenvalue weighted by Crippen LogP contribution is -2.53. The van der Waals surface area contributed by atoms with E-state index in [2.05, 4.69) is 186 Å². The summed E-state index contributed by atoms with van der Waals surface area (Å²) >= 11 is 1.83. The van der Waals surface area contributed by atoms with E-state index in [1.165, 1.54) is 37.0 Å². The number of rotatable bonds is 6. The molecule has 3 heterocycles. The van der Waals surface area contributed by atoms with Crippen LogP contribution >= 0.6 is 11.3 Å². The molecule has 0 atom stereocenters. The summed E-state index contributed by atoms with van der Waals surface area (Å²) in [6.07, 6.45) is 0. The van der Waals surface area contributed by atoms with Crippen LogP contribution in [-0.2, 0) is 0 Å². The topological polar surface area (TPSA) is 32.3 Å². The molecule has 9 aromatic rings. The Morgan fingerprint density at radius 1 is 0.404 bits per heavy atom. The van der Waals surface area contributed by atoms with Crippen molar-refractivity contribution in [2.75, 3.05) is 9.62 Å². The molecule has 6 heteroatoms. The van der Waals surface area contributed by atoms with Crippen LogP contribution in [0, 0.1) is 0 Å². The van der Waals surface area contributed by atoms with Gasteiger partial charge in [-0.05, 0) is 72.2 Å². The van der Waals surface area contributed by atoms with Crippen LogP contribution in [0.2, 0.25) is 0 Å². The standard InChI is InChI=1S/C46H31BN4S/c1-5-15-32(16-6-1)40-31-41(33-17-7-2-8-18-33)49-46(48-40)34-25-27-44-38(29-34)39-30-37(26-28-45(39)52-44)51-43-24-14-13-23-42(43)50(36-21-11-4-12-22-36)47(51)35-19-9-3-10-20-35/h1-31H. The minimum absolute atomic E-state index is 0.0653. The van der Waals surface area contributed by atoms with Crippen LogP contribution < -0.4 is 15.1 Å². The minimum atomic E-state index is -0.0653. The molecular weight excluding hydrogens is 651 g/mol. The molecule has 52 heavy (non-hydrogen) atoms. The van der Waals surface area contributed by atoms with Gasteiger partial charge in [0.1, 0.15) is 0 Å². The minimum Gasteiger partial charge on any atom is -0.360 e. The lowest BCUT2D eigenvalue weighted by atomic mass is 9.64. The Hall–Kier alpha value is -6.50. The van der Waals surface area contributed by atoms with Crippen molar-refractivity contribution in [2.45, 2.75) is 0 Å². The molecule has 244 valence electrons. The molecule has 0 saturated heterocycles. The Kier molecular flexibility index (Phi) is 7.40. The first-order valence-corrected chi connectivity index (χ1v) is 18.3. The van der Waals surface area contributed by atoms with Crippen molar-refractivity contribution in [3.8, 4) is 33.9 Å². The zero-order valence-electron chi connectivity index (χ0n) is 28.2. The number of hydrogen-bond acceptors (Lipinski definition) is 5. The van der Waals surface area contributed by atoms with Gasteiger partial charge in [-0.1, -0.05) is 121 Å². The Labute approximate surface area is 307 Å². The van der Waals surface area contributed by atoms with Crippen molar-refractivity contribution in [2.24, 2.45) is 0 Å². The molecule has 1 aliphatic rings. The molecule has 1 aliphatic heterocycles. The zero-order valence-corrected chi connectivity index (χ0v) is 29.0. The molecule has 4 nitrogen and oxygen atoms in total. The summed E-state index contributed by atoms with van der Waals surface area (Å²) < 4.78 is 2.49. The maximum absolute atomic E-state index is 5.14. The molecule has 0 spiro atoms. The number of fused-ring (bicyclic) bond motifs is 4. The first kappa shape index (κ1) is 30.3. The molecule has 10 rings (SSSR count). The summed E-state index contributed by atoms with van der Waals surface area (Å²) in [4.78, 5) is 15.2. The highest BCUT2D eigenvalue weighted by atomic mass is 32.1. The van der Waals surface area contributed by atoms with E-state index < -0.39 is 0 Å². The Morgan fingerprint density at radius 2 is 0.904 bits per heavy atom. The number of para-hydroxylation sites is 3. The van der Waals surface area contributed by atoms with E-state index >= 15 is 0 Å². The highest BCUT2D eigenvalue weighted by Gasteiger charge is 2.43. The van der Waals surface area contributed by atoms with E-state index in [-0.39, 0.29) is 6.98 Å². The van der Waals surface area contributed by atoms with Gasteiger partial charge in [-0.25, -0.2) is 9.97 Å². The highest BCUT2D eigenvalue weighted by Crippen LogP contribution is 2.47. The molecule has 0 saturated carbocycles. The van der Waals surface area contributed by atoms with Gasteiger partial charge in [-0.2, -0.15) is 0 Å². The molecule has 7 aromatic carbocycles. The number of nitrogens with zero attached hydrogens (tertiary/aromatic N) is 4. The first-order chi connectivity index (χ1) is 25.8. The normalized spacial score (nSPS) is 12.5.